The van der Waals surface area contributed by atoms with Crippen LogP contribution in [0.25, 0.3) is 0 Å². The van der Waals surface area contributed by atoms with Gasteiger partial charge in [-0.3, -0.25) is 9.69 Å². The molecule has 2 aromatic carbocycles. The molecule has 1 atom stereocenters. The Morgan fingerprint density at radius 2 is 1.67 bits per heavy atom. The van der Waals surface area contributed by atoms with Crippen molar-refractivity contribution in [3.63, 3.8) is 0 Å². The second kappa shape index (κ2) is 9.39. The molecule has 1 saturated heterocycles. The van der Waals surface area contributed by atoms with E-state index in [0.717, 1.165) is 24.4 Å². The van der Waals surface area contributed by atoms with Crippen LogP contribution in [0.4, 0.5) is 0 Å². The van der Waals surface area contributed by atoms with Crippen molar-refractivity contribution in [3.8, 4) is 11.5 Å². The molecule has 0 spiro atoms. The SMILES string of the molecule is COc1ccccc1C(=O)NCC(c1ccccc1OC)N1CCOCC1. The van der Waals surface area contributed by atoms with E-state index in [4.69, 9.17) is 14.2 Å². The number of para-hydroxylation sites is 2. The number of carbonyl (C=O) groups is 1. The average Bonchev–Trinajstić information content (AvgIpc) is 2.74. The lowest BCUT2D eigenvalue weighted by atomic mass is 10.0. The van der Waals surface area contributed by atoms with Crippen molar-refractivity contribution in [2.24, 2.45) is 0 Å². The maximum atomic E-state index is 12.7. The molecule has 27 heavy (non-hydrogen) atoms. The minimum Gasteiger partial charge on any atom is -0.496 e. The van der Waals surface area contributed by atoms with Gasteiger partial charge in [0.2, 0.25) is 0 Å². The van der Waals surface area contributed by atoms with Crippen molar-refractivity contribution in [2.45, 2.75) is 6.04 Å². The van der Waals surface area contributed by atoms with E-state index in [9.17, 15) is 4.79 Å². The molecular weight excluding hydrogens is 344 g/mol. The summed E-state index contributed by atoms with van der Waals surface area (Å²) in [5, 5.41) is 3.06. The number of hydrogen-bond donors (Lipinski definition) is 1. The quantitative estimate of drug-likeness (QED) is 0.812. The van der Waals surface area contributed by atoms with Crippen molar-refractivity contribution in [3.05, 3.63) is 59.7 Å². The van der Waals surface area contributed by atoms with Gasteiger partial charge in [0.1, 0.15) is 11.5 Å². The molecule has 0 radical (unpaired) electrons. The lowest BCUT2D eigenvalue weighted by molar-refractivity contribution is 0.0157. The first-order valence-corrected chi connectivity index (χ1v) is 9.10. The van der Waals surface area contributed by atoms with Gasteiger partial charge in [0.25, 0.3) is 5.91 Å². The third-order valence-electron chi connectivity index (χ3n) is 4.79. The summed E-state index contributed by atoms with van der Waals surface area (Å²) >= 11 is 0. The van der Waals surface area contributed by atoms with Gasteiger partial charge in [0.05, 0.1) is 39.0 Å². The molecule has 1 amide bonds. The van der Waals surface area contributed by atoms with Crippen molar-refractivity contribution in [2.75, 3.05) is 47.1 Å². The molecule has 1 fully saturated rings. The van der Waals surface area contributed by atoms with Crippen LogP contribution in [0.3, 0.4) is 0 Å². The lowest BCUT2D eigenvalue weighted by Gasteiger charge is -2.35. The minimum atomic E-state index is -0.152. The molecular formula is C21H26N2O4. The Labute approximate surface area is 160 Å². The Morgan fingerprint density at radius 1 is 1.04 bits per heavy atom. The van der Waals surface area contributed by atoms with Crippen LogP contribution in [0.15, 0.2) is 48.5 Å². The maximum absolute atomic E-state index is 12.7. The summed E-state index contributed by atoms with van der Waals surface area (Å²) in [6, 6.07) is 15.2. The second-order valence-electron chi connectivity index (χ2n) is 6.32. The van der Waals surface area contributed by atoms with Gasteiger partial charge in [0, 0.05) is 25.2 Å². The van der Waals surface area contributed by atoms with Gasteiger partial charge in [0.15, 0.2) is 0 Å². The van der Waals surface area contributed by atoms with Crippen LogP contribution in [-0.2, 0) is 4.74 Å². The summed E-state index contributed by atoms with van der Waals surface area (Å²) in [5.74, 6) is 1.23. The zero-order valence-electron chi connectivity index (χ0n) is 15.8. The molecule has 1 heterocycles. The lowest BCUT2D eigenvalue weighted by Crippen LogP contribution is -2.44. The Hall–Kier alpha value is -2.57. The van der Waals surface area contributed by atoms with Gasteiger partial charge in [-0.15, -0.1) is 0 Å². The summed E-state index contributed by atoms with van der Waals surface area (Å²) in [6.45, 7) is 3.47. The van der Waals surface area contributed by atoms with E-state index < -0.39 is 0 Å². The van der Waals surface area contributed by atoms with E-state index in [1.807, 2.05) is 36.4 Å². The number of hydrogen-bond acceptors (Lipinski definition) is 5. The number of rotatable bonds is 7. The van der Waals surface area contributed by atoms with Gasteiger partial charge in [-0.2, -0.15) is 0 Å². The summed E-state index contributed by atoms with van der Waals surface area (Å²) < 4.78 is 16.3. The molecule has 144 valence electrons. The fourth-order valence-corrected chi connectivity index (χ4v) is 3.38. The molecule has 1 aliphatic rings. The third kappa shape index (κ3) is 4.59. The predicted molar refractivity (Wildman–Crippen MR) is 103 cm³/mol. The van der Waals surface area contributed by atoms with E-state index in [2.05, 4.69) is 10.2 Å². The molecule has 0 aliphatic carbocycles. The van der Waals surface area contributed by atoms with E-state index >= 15 is 0 Å². The predicted octanol–water partition coefficient (Wildman–Crippen LogP) is 2.51. The van der Waals surface area contributed by atoms with Gasteiger partial charge in [-0.05, 0) is 18.2 Å². The second-order valence-corrected chi connectivity index (χ2v) is 6.32. The first-order chi connectivity index (χ1) is 13.2. The minimum absolute atomic E-state index is 0.00343. The number of carbonyl (C=O) groups excluding carboxylic acids is 1. The van der Waals surface area contributed by atoms with Crippen LogP contribution in [0.2, 0.25) is 0 Å². The van der Waals surface area contributed by atoms with Gasteiger partial charge >= 0.3 is 0 Å². The molecule has 6 nitrogen and oxygen atoms in total. The van der Waals surface area contributed by atoms with E-state index in [0.29, 0.717) is 31.1 Å². The zero-order chi connectivity index (χ0) is 19.1. The van der Waals surface area contributed by atoms with Crippen LogP contribution in [0, 0.1) is 0 Å². The molecule has 0 bridgehead atoms. The smallest absolute Gasteiger partial charge is 0.255 e. The number of ether oxygens (including phenoxy) is 3. The highest BCUT2D eigenvalue weighted by molar-refractivity contribution is 5.96. The molecule has 1 aliphatic heterocycles. The van der Waals surface area contributed by atoms with Gasteiger partial charge in [-0.25, -0.2) is 0 Å². The standard InChI is InChI=1S/C21H26N2O4/c1-25-19-9-5-3-7-16(19)18(23-11-13-27-14-12-23)15-22-21(24)17-8-4-6-10-20(17)26-2/h3-10,18H,11-15H2,1-2H3,(H,22,24). The van der Waals surface area contributed by atoms with E-state index in [1.54, 1.807) is 26.4 Å². The van der Waals surface area contributed by atoms with Crippen molar-refractivity contribution in [1.82, 2.24) is 10.2 Å². The number of amides is 1. The molecule has 0 saturated carbocycles. The molecule has 2 aromatic rings. The average molecular weight is 370 g/mol. The Bertz CT molecular complexity index is 759. The van der Waals surface area contributed by atoms with Crippen molar-refractivity contribution in [1.29, 1.82) is 0 Å². The Kier molecular flexibility index (Phi) is 6.68. The fourth-order valence-electron chi connectivity index (χ4n) is 3.38. The monoisotopic (exact) mass is 370 g/mol. The first-order valence-electron chi connectivity index (χ1n) is 9.10. The van der Waals surface area contributed by atoms with Crippen LogP contribution >= 0.6 is 0 Å². The van der Waals surface area contributed by atoms with Crippen LogP contribution in [0.5, 0.6) is 11.5 Å². The normalized spacial score (nSPS) is 15.8. The van der Waals surface area contributed by atoms with Crippen molar-refractivity contribution >= 4 is 5.91 Å². The Balaban J connectivity index is 1.80. The highest BCUT2D eigenvalue weighted by Crippen LogP contribution is 2.29. The topological polar surface area (TPSA) is 60.0 Å². The number of benzene rings is 2. The Morgan fingerprint density at radius 3 is 2.37 bits per heavy atom. The third-order valence-corrected chi connectivity index (χ3v) is 4.79. The molecule has 3 rings (SSSR count). The first kappa shape index (κ1) is 19.2. The highest BCUT2D eigenvalue weighted by atomic mass is 16.5. The zero-order valence-corrected chi connectivity index (χ0v) is 15.8. The molecule has 1 unspecified atom stereocenters. The number of methoxy groups -OCH3 is 2. The van der Waals surface area contributed by atoms with Crippen LogP contribution < -0.4 is 14.8 Å². The fraction of sp³-hybridized carbons (Fsp3) is 0.381. The van der Waals surface area contributed by atoms with Gasteiger partial charge in [-0.1, -0.05) is 30.3 Å². The molecule has 1 N–H and O–H groups in total. The molecule has 0 aromatic heterocycles. The van der Waals surface area contributed by atoms with Gasteiger partial charge < -0.3 is 19.5 Å². The largest absolute Gasteiger partial charge is 0.496 e. The summed E-state index contributed by atoms with van der Waals surface area (Å²) in [4.78, 5) is 15.1. The van der Waals surface area contributed by atoms with E-state index in [1.165, 1.54) is 0 Å². The van der Waals surface area contributed by atoms with E-state index in [-0.39, 0.29) is 11.9 Å². The van der Waals surface area contributed by atoms with Crippen LogP contribution in [-0.4, -0.2) is 57.9 Å². The summed E-state index contributed by atoms with van der Waals surface area (Å²) in [7, 11) is 3.24. The number of morpholine rings is 1. The molecule has 6 heteroatoms. The summed E-state index contributed by atoms with van der Waals surface area (Å²) in [6.07, 6.45) is 0. The van der Waals surface area contributed by atoms with Crippen molar-refractivity contribution < 1.29 is 19.0 Å². The van der Waals surface area contributed by atoms with Crippen LogP contribution in [0.1, 0.15) is 22.0 Å². The number of nitrogens with one attached hydrogen (secondary N) is 1. The highest BCUT2D eigenvalue weighted by Gasteiger charge is 2.26. The summed E-state index contributed by atoms with van der Waals surface area (Å²) in [5.41, 5.74) is 1.59. The number of nitrogens with zero attached hydrogens (tertiary/aromatic N) is 1. The maximum Gasteiger partial charge on any atom is 0.255 e.